The van der Waals surface area contributed by atoms with Gasteiger partial charge < -0.3 is 10.6 Å². The molecule has 0 aliphatic rings. The van der Waals surface area contributed by atoms with Gasteiger partial charge in [-0.2, -0.15) is 0 Å². The molecule has 0 saturated carbocycles. The summed E-state index contributed by atoms with van der Waals surface area (Å²) in [6.07, 6.45) is 4.20. The highest BCUT2D eigenvalue weighted by molar-refractivity contribution is 9.10. The van der Waals surface area contributed by atoms with Crippen molar-refractivity contribution in [2.24, 2.45) is 0 Å². The number of amides is 1. The second-order valence-corrected chi connectivity index (χ2v) is 5.75. The lowest BCUT2D eigenvalue weighted by atomic mass is 10.2. The molecule has 110 valence electrons. The van der Waals surface area contributed by atoms with Gasteiger partial charge in [-0.15, -0.1) is 0 Å². The van der Waals surface area contributed by atoms with Crippen LogP contribution in [0.4, 0.5) is 11.4 Å². The Morgan fingerprint density at radius 3 is 2.90 bits per heavy atom. The zero-order valence-corrected chi connectivity index (χ0v) is 13.8. The van der Waals surface area contributed by atoms with Crippen LogP contribution in [0.3, 0.4) is 0 Å². The van der Waals surface area contributed by atoms with Gasteiger partial charge in [-0.1, -0.05) is 34.5 Å². The quantitative estimate of drug-likeness (QED) is 0.812. The second-order valence-electron chi connectivity index (χ2n) is 4.43. The molecule has 0 unspecified atom stereocenters. The van der Waals surface area contributed by atoms with Gasteiger partial charge in [0.05, 0.1) is 28.2 Å². The molecule has 1 aromatic heterocycles. The number of nitrogens with zero attached hydrogens (tertiary/aromatic N) is 1. The SMILES string of the molecule is CCCNc1cnccc1C(=O)Nc1cc(Br)ccc1Cl. The van der Waals surface area contributed by atoms with Crippen molar-refractivity contribution in [1.82, 2.24) is 4.98 Å². The van der Waals surface area contributed by atoms with E-state index in [1.807, 2.05) is 6.07 Å². The number of nitrogens with one attached hydrogen (secondary N) is 2. The van der Waals surface area contributed by atoms with E-state index in [1.165, 1.54) is 0 Å². The van der Waals surface area contributed by atoms with Crippen LogP contribution in [-0.4, -0.2) is 17.4 Å². The Morgan fingerprint density at radius 1 is 1.33 bits per heavy atom. The van der Waals surface area contributed by atoms with E-state index in [-0.39, 0.29) is 5.91 Å². The van der Waals surface area contributed by atoms with Gasteiger partial charge in [0.25, 0.3) is 5.91 Å². The van der Waals surface area contributed by atoms with Gasteiger partial charge >= 0.3 is 0 Å². The fourth-order valence-corrected chi connectivity index (χ4v) is 2.30. The first-order valence-electron chi connectivity index (χ1n) is 6.56. The highest BCUT2D eigenvalue weighted by Crippen LogP contribution is 2.26. The summed E-state index contributed by atoms with van der Waals surface area (Å²) in [4.78, 5) is 16.5. The van der Waals surface area contributed by atoms with E-state index in [9.17, 15) is 4.79 Å². The average Bonchev–Trinajstić information content (AvgIpc) is 2.49. The van der Waals surface area contributed by atoms with Crippen LogP contribution in [0.25, 0.3) is 0 Å². The van der Waals surface area contributed by atoms with Crippen molar-refractivity contribution in [2.75, 3.05) is 17.2 Å². The molecular formula is C15H15BrClN3O. The van der Waals surface area contributed by atoms with E-state index < -0.39 is 0 Å². The topological polar surface area (TPSA) is 54.0 Å². The van der Waals surface area contributed by atoms with Gasteiger partial charge in [0.1, 0.15) is 0 Å². The summed E-state index contributed by atoms with van der Waals surface area (Å²) in [6.45, 7) is 2.84. The molecular weight excluding hydrogens is 354 g/mol. The Balaban J connectivity index is 2.22. The van der Waals surface area contributed by atoms with Crippen LogP contribution in [0.15, 0.2) is 41.1 Å². The minimum Gasteiger partial charge on any atom is -0.383 e. The summed E-state index contributed by atoms with van der Waals surface area (Å²) in [6, 6.07) is 6.99. The fourth-order valence-electron chi connectivity index (χ4n) is 1.78. The number of rotatable bonds is 5. The normalized spacial score (nSPS) is 10.2. The summed E-state index contributed by atoms with van der Waals surface area (Å²) < 4.78 is 0.848. The maximum atomic E-state index is 12.4. The molecule has 4 nitrogen and oxygen atoms in total. The Morgan fingerprint density at radius 2 is 2.14 bits per heavy atom. The van der Waals surface area contributed by atoms with E-state index in [0.717, 1.165) is 17.4 Å². The number of hydrogen-bond acceptors (Lipinski definition) is 3. The third-order valence-corrected chi connectivity index (χ3v) is 3.63. The minimum absolute atomic E-state index is 0.226. The number of hydrogen-bond donors (Lipinski definition) is 2. The first-order chi connectivity index (χ1) is 10.1. The Labute approximate surface area is 137 Å². The molecule has 2 aromatic rings. The molecule has 0 saturated heterocycles. The number of aromatic nitrogens is 1. The van der Waals surface area contributed by atoms with E-state index in [1.54, 1.807) is 30.6 Å². The molecule has 21 heavy (non-hydrogen) atoms. The molecule has 0 aliphatic heterocycles. The molecule has 1 aromatic carbocycles. The van der Waals surface area contributed by atoms with Crippen LogP contribution in [0.2, 0.25) is 5.02 Å². The standard InChI is InChI=1S/C15H15BrClN3O/c1-2-6-19-14-9-18-7-5-11(14)15(21)20-13-8-10(16)3-4-12(13)17/h3-5,7-9,19H,2,6H2,1H3,(H,20,21). The molecule has 2 rings (SSSR count). The third kappa shape index (κ3) is 4.19. The number of benzene rings is 1. The van der Waals surface area contributed by atoms with Gasteiger partial charge in [-0.05, 0) is 30.7 Å². The number of carbonyl (C=O) groups is 1. The van der Waals surface area contributed by atoms with Crippen molar-refractivity contribution < 1.29 is 4.79 Å². The van der Waals surface area contributed by atoms with Crippen LogP contribution in [0.5, 0.6) is 0 Å². The predicted octanol–water partition coefficient (Wildman–Crippen LogP) is 4.57. The lowest BCUT2D eigenvalue weighted by Gasteiger charge is -2.12. The van der Waals surface area contributed by atoms with Crippen molar-refractivity contribution in [3.63, 3.8) is 0 Å². The molecule has 1 amide bonds. The molecule has 0 bridgehead atoms. The highest BCUT2D eigenvalue weighted by Gasteiger charge is 2.13. The lowest BCUT2D eigenvalue weighted by molar-refractivity contribution is 0.102. The maximum Gasteiger partial charge on any atom is 0.257 e. The van der Waals surface area contributed by atoms with Crippen molar-refractivity contribution in [3.05, 3.63) is 51.7 Å². The van der Waals surface area contributed by atoms with Crippen molar-refractivity contribution in [1.29, 1.82) is 0 Å². The molecule has 0 atom stereocenters. The fraction of sp³-hybridized carbons (Fsp3) is 0.200. The molecule has 0 spiro atoms. The van der Waals surface area contributed by atoms with Crippen LogP contribution in [0.1, 0.15) is 23.7 Å². The molecule has 0 radical (unpaired) electrons. The Hall–Kier alpha value is -1.59. The van der Waals surface area contributed by atoms with E-state index >= 15 is 0 Å². The maximum absolute atomic E-state index is 12.4. The smallest absolute Gasteiger partial charge is 0.257 e. The van der Waals surface area contributed by atoms with Gasteiger partial charge in [-0.25, -0.2) is 0 Å². The summed E-state index contributed by atoms with van der Waals surface area (Å²) in [5.74, 6) is -0.226. The van der Waals surface area contributed by atoms with Crippen LogP contribution >= 0.6 is 27.5 Å². The summed E-state index contributed by atoms with van der Waals surface area (Å²) >= 11 is 9.45. The Kier molecular flexibility index (Phi) is 5.59. The van der Waals surface area contributed by atoms with Gasteiger partial charge in [0.15, 0.2) is 0 Å². The first kappa shape index (κ1) is 15.8. The number of anilines is 2. The number of pyridine rings is 1. The van der Waals surface area contributed by atoms with Crippen molar-refractivity contribution >= 4 is 44.8 Å². The summed E-state index contributed by atoms with van der Waals surface area (Å²) in [7, 11) is 0. The van der Waals surface area contributed by atoms with E-state index in [0.29, 0.717) is 22.0 Å². The van der Waals surface area contributed by atoms with E-state index in [2.05, 4.69) is 38.5 Å². The average molecular weight is 369 g/mol. The lowest BCUT2D eigenvalue weighted by Crippen LogP contribution is -2.15. The largest absolute Gasteiger partial charge is 0.383 e. The van der Waals surface area contributed by atoms with Crippen LogP contribution in [-0.2, 0) is 0 Å². The monoisotopic (exact) mass is 367 g/mol. The van der Waals surface area contributed by atoms with Gasteiger partial charge in [0, 0.05) is 17.2 Å². The van der Waals surface area contributed by atoms with E-state index in [4.69, 9.17) is 11.6 Å². The molecule has 0 fully saturated rings. The third-order valence-electron chi connectivity index (χ3n) is 2.81. The molecule has 2 N–H and O–H groups in total. The van der Waals surface area contributed by atoms with Crippen LogP contribution in [0, 0.1) is 0 Å². The van der Waals surface area contributed by atoms with Gasteiger partial charge in [0.2, 0.25) is 0 Å². The van der Waals surface area contributed by atoms with Gasteiger partial charge in [-0.3, -0.25) is 9.78 Å². The number of carbonyl (C=O) groups excluding carboxylic acids is 1. The molecule has 0 aliphatic carbocycles. The second kappa shape index (κ2) is 7.43. The minimum atomic E-state index is -0.226. The zero-order chi connectivity index (χ0) is 15.2. The predicted molar refractivity (Wildman–Crippen MR) is 90.1 cm³/mol. The summed E-state index contributed by atoms with van der Waals surface area (Å²) in [5.41, 5.74) is 1.81. The number of halogens is 2. The summed E-state index contributed by atoms with van der Waals surface area (Å²) in [5, 5.41) is 6.50. The van der Waals surface area contributed by atoms with Crippen LogP contribution < -0.4 is 10.6 Å². The zero-order valence-electron chi connectivity index (χ0n) is 11.5. The highest BCUT2D eigenvalue weighted by atomic mass is 79.9. The van der Waals surface area contributed by atoms with Crippen molar-refractivity contribution in [3.8, 4) is 0 Å². The molecule has 1 heterocycles. The Bertz CT molecular complexity index is 649. The van der Waals surface area contributed by atoms with Crippen molar-refractivity contribution in [2.45, 2.75) is 13.3 Å². The molecule has 6 heteroatoms. The first-order valence-corrected chi connectivity index (χ1v) is 7.73.